The van der Waals surface area contributed by atoms with E-state index < -0.39 is 17.2 Å². The predicted molar refractivity (Wildman–Crippen MR) is 54.9 cm³/mol. The van der Waals surface area contributed by atoms with E-state index in [2.05, 4.69) is 0 Å². The van der Waals surface area contributed by atoms with Crippen molar-refractivity contribution >= 4 is 6.21 Å². The average Bonchev–Trinajstić information content (AvgIpc) is 1.99. The summed E-state index contributed by atoms with van der Waals surface area (Å²) in [7, 11) is 0. The molecule has 0 amide bonds. The lowest BCUT2D eigenvalue weighted by atomic mass is 10.1. The third kappa shape index (κ3) is 3.31. The maximum Gasteiger partial charge on any atom is 0.182 e. The van der Waals surface area contributed by atoms with E-state index in [9.17, 15) is 14.0 Å². The molecule has 0 saturated carbocycles. The van der Waals surface area contributed by atoms with E-state index in [4.69, 9.17) is 0 Å². The number of halogens is 2. The molecule has 0 unspecified atom stereocenters. The second-order valence-electron chi connectivity index (χ2n) is 4.33. The highest BCUT2D eigenvalue weighted by atomic mass is 19.1. The normalized spacial score (nSPS) is 13.0. The van der Waals surface area contributed by atoms with E-state index in [1.807, 2.05) is 0 Å². The van der Waals surface area contributed by atoms with Crippen LogP contribution >= 0.6 is 0 Å². The van der Waals surface area contributed by atoms with Gasteiger partial charge in [-0.3, -0.25) is 0 Å². The summed E-state index contributed by atoms with van der Waals surface area (Å²) in [6.45, 7) is 5.14. The SMILES string of the molecule is CC(C)(C)/[N+]([O-])=C/c1cc(F)cc(F)c1. The Morgan fingerprint density at radius 2 is 1.60 bits per heavy atom. The van der Waals surface area contributed by atoms with Gasteiger partial charge in [-0.05, 0) is 12.1 Å². The van der Waals surface area contributed by atoms with Gasteiger partial charge in [0.2, 0.25) is 0 Å². The van der Waals surface area contributed by atoms with Gasteiger partial charge >= 0.3 is 0 Å². The van der Waals surface area contributed by atoms with Crippen LogP contribution in [0.15, 0.2) is 18.2 Å². The molecule has 0 bridgehead atoms. The molecule has 15 heavy (non-hydrogen) atoms. The predicted octanol–water partition coefficient (Wildman–Crippen LogP) is 2.69. The lowest BCUT2D eigenvalue weighted by Crippen LogP contribution is -2.29. The van der Waals surface area contributed by atoms with Crippen molar-refractivity contribution in [3.63, 3.8) is 0 Å². The zero-order valence-corrected chi connectivity index (χ0v) is 8.92. The Bertz CT molecular complexity index is 374. The van der Waals surface area contributed by atoms with Gasteiger partial charge in [0, 0.05) is 32.4 Å². The van der Waals surface area contributed by atoms with Gasteiger partial charge in [-0.1, -0.05) is 0 Å². The Morgan fingerprint density at radius 3 is 2.00 bits per heavy atom. The smallest absolute Gasteiger partial charge is 0.182 e. The van der Waals surface area contributed by atoms with E-state index in [-0.39, 0.29) is 5.56 Å². The molecular weight excluding hydrogens is 200 g/mol. The molecule has 0 aromatic heterocycles. The van der Waals surface area contributed by atoms with E-state index in [1.165, 1.54) is 6.21 Å². The number of benzene rings is 1. The topological polar surface area (TPSA) is 26.1 Å². The van der Waals surface area contributed by atoms with Gasteiger partial charge in [-0.15, -0.1) is 0 Å². The lowest BCUT2D eigenvalue weighted by molar-refractivity contribution is -0.530. The molecule has 0 aliphatic carbocycles. The molecule has 2 nitrogen and oxygen atoms in total. The minimum Gasteiger partial charge on any atom is -0.623 e. The van der Waals surface area contributed by atoms with Crippen LogP contribution in [0.25, 0.3) is 0 Å². The van der Waals surface area contributed by atoms with E-state index in [0.717, 1.165) is 18.2 Å². The van der Waals surface area contributed by atoms with Crippen LogP contribution in [-0.2, 0) is 0 Å². The fraction of sp³-hybridized carbons (Fsp3) is 0.364. The largest absolute Gasteiger partial charge is 0.623 e. The van der Waals surface area contributed by atoms with Crippen molar-refractivity contribution in [3.8, 4) is 0 Å². The molecule has 1 rings (SSSR count). The number of nitrogens with zero attached hydrogens (tertiary/aromatic N) is 1. The van der Waals surface area contributed by atoms with Crippen LogP contribution in [0.4, 0.5) is 8.78 Å². The van der Waals surface area contributed by atoms with Crippen molar-refractivity contribution in [1.82, 2.24) is 0 Å². The van der Waals surface area contributed by atoms with Crippen molar-refractivity contribution in [1.29, 1.82) is 0 Å². The Kier molecular flexibility index (Phi) is 3.07. The van der Waals surface area contributed by atoms with E-state index in [0.29, 0.717) is 4.74 Å². The Morgan fingerprint density at radius 1 is 1.13 bits per heavy atom. The Balaban J connectivity index is 3.08. The fourth-order valence-electron chi connectivity index (χ4n) is 0.979. The molecule has 0 aliphatic rings. The molecule has 0 saturated heterocycles. The molecule has 1 aromatic rings. The van der Waals surface area contributed by atoms with Crippen LogP contribution < -0.4 is 0 Å². The van der Waals surface area contributed by atoms with Gasteiger partial charge in [0.25, 0.3) is 0 Å². The summed E-state index contributed by atoms with van der Waals surface area (Å²) in [5.41, 5.74) is -0.402. The zero-order valence-electron chi connectivity index (χ0n) is 8.92. The molecule has 0 fully saturated rings. The summed E-state index contributed by atoms with van der Waals surface area (Å²) in [5, 5.41) is 11.5. The Labute approximate surface area is 87.4 Å². The first-order valence-electron chi connectivity index (χ1n) is 4.56. The summed E-state index contributed by atoms with van der Waals surface area (Å²) in [4.78, 5) is 0. The molecule has 0 aliphatic heterocycles. The van der Waals surface area contributed by atoms with Crippen molar-refractivity contribution in [3.05, 3.63) is 40.6 Å². The average molecular weight is 213 g/mol. The van der Waals surface area contributed by atoms with Gasteiger partial charge in [0.1, 0.15) is 11.6 Å². The number of hydrogen-bond donors (Lipinski definition) is 0. The van der Waals surface area contributed by atoms with Gasteiger partial charge in [0.05, 0.1) is 0 Å². The standard InChI is InChI=1S/C11H13F2NO/c1-11(2,3)14(15)7-8-4-9(12)6-10(13)5-8/h4-7H,1-3H3/b14-7-. The molecule has 0 heterocycles. The summed E-state index contributed by atoms with van der Waals surface area (Å²) < 4.78 is 26.3. The number of rotatable bonds is 1. The lowest BCUT2D eigenvalue weighted by Gasteiger charge is -2.18. The summed E-state index contributed by atoms with van der Waals surface area (Å²) in [6, 6.07) is 2.99. The van der Waals surface area contributed by atoms with Gasteiger partial charge in [-0.25, -0.2) is 13.5 Å². The van der Waals surface area contributed by atoms with E-state index >= 15 is 0 Å². The minimum atomic E-state index is -0.691. The van der Waals surface area contributed by atoms with Crippen LogP contribution in [0.3, 0.4) is 0 Å². The van der Waals surface area contributed by atoms with Crippen molar-refractivity contribution in [2.24, 2.45) is 0 Å². The molecule has 0 radical (unpaired) electrons. The molecular formula is C11H13F2NO. The summed E-state index contributed by atoms with van der Waals surface area (Å²) in [6.07, 6.45) is 1.17. The van der Waals surface area contributed by atoms with E-state index in [1.54, 1.807) is 20.8 Å². The van der Waals surface area contributed by atoms with Crippen LogP contribution in [0.2, 0.25) is 0 Å². The highest BCUT2D eigenvalue weighted by Gasteiger charge is 2.18. The van der Waals surface area contributed by atoms with Crippen molar-refractivity contribution in [2.45, 2.75) is 26.3 Å². The van der Waals surface area contributed by atoms with Crippen LogP contribution in [0.5, 0.6) is 0 Å². The second kappa shape index (κ2) is 3.96. The maximum absolute atomic E-state index is 12.8. The first kappa shape index (κ1) is 11.6. The van der Waals surface area contributed by atoms with Crippen molar-refractivity contribution in [2.75, 3.05) is 0 Å². The van der Waals surface area contributed by atoms with Gasteiger partial charge in [-0.2, -0.15) is 0 Å². The summed E-state index contributed by atoms with van der Waals surface area (Å²) >= 11 is 0. The van der Waals surface area contributed by atoms with Crippen LogP contribution in [0.1, 0.15) is 26.3 Å². The van der Waals surface area contributed by atoms with Gasteiger partial charge in [0.15, 0.2) is 11.8 Å². The number of hydrogen-bond acceptors (Lipinski definition) is 1. The molecule has 0 atom stereocenters. The highest BCUT2D eigenvalue weighted by Crippen LogP contribution is 2.09. The minimum absolute atomic E-state index is 0.220. The third-order valence-electron chi connectivity index (χ3n) is 1.81. The van der Waals surface area contributed by atoms with Crippen molar-refractivity contribution < 1.29 is 13.5 Å². The highest BCUT2D eigenvalue weighted by molar-refractivity contribution is 5.75. The fourth-order valence-corrected chi connectivity index (χ4v) is 0.979. The third-order valence-corrected chi connectivity index (χ3v) is 1.81. The monoisotopic (exact) mass is 213 g/mol. The van der Waals surface area contributed by atoms with Crippen LogP contribution in [-0.4, -0.2) is 16.5 Å². The number of hydroxylamine groups is 1. The first-order chi connectivity index (χ1) is 6.79. The summed E-state index contributed by atoms with van der Waals surface area (Å²) in [5.74, 6) is -1.38. The quantitative estimate of drug-likeness (QED) is 0.305. The molecule has 0 spiro atoms. The van der Waals surface area contributed by atoms with Gasteiger partial charge < -0.3 is 5.21 Å². The molecule has 82 valence electrons. The zero-order chi connectivity index (χ0) is 11.6. The molecule has 4 heteroatoms. The van der Waals surface area contributed by atoms with Crippen LogP contribution in [0, 0.1) is 16.8 Å². The molecule has 1 aromatic carbocycles. The first-order valence-corrected chi connectivity index (χ1v) is 4.56. The second-order valence-corrected chi connectivity index (χ2v) is 4.33. The molecule has 0 N–H and O–H groups in total. The Hall–Kier alpha value is -1.45. The maximum atomic E-state index is 12.8.